The molecule has 0 aliphatic carbocycles. The van der Waals surface area contributed by atoms with Crippen molar-refractivity contribution in [3.05, 3.63) is 34.9 Å². The van der Waals surface area contributed by atoms with Gasteiger partial charge in [-0.05, 0) is 32.8 Å². The summed E-state index contributed by atoms with van der Waals surface area (Å²) in [5.74, 6) is 0. The average Bonchev–Trinajstić information content (AvgIpc) is 2.15. The number of nitrogens with zero attached hydrogens (tertiary/aromatic N) is 1. The second-order valence-electron chi connectivity index (χ2n) is 3.56. The standard InChI is InChI=1S/C11H17ClN2/c1-13-8-11(14(2)3)9-6-4-5-7-10(9)12/h4-7,11,13H,8H2,1-3H3. The van der Waals surface area contributed by atoms with Crippen LogP contribution in [-0.2, 0) is 0 Å². The summed E-state index contributed by atoms with van der Waals surface area (Å²) in [7, 11) is 6.07. The number of nitrogens with one attached hydrogen (secondary N) is 1. The summed E-state index contributed by atoms with van der Waals surface area (Å²) in [5, 5.41) is 4.01. The third-order valence-corrected chi connectivity index (χ3v) is 2.63. The maximum atomic E-state index is 6.14. The van der Waals surface area contributed by atoms with E-state index in [0.717, 1.165) is 11.6 Å². The van der Waals surface area contributed by atoms with Crippen LogP contribution in [0.3, 0.4) is 0 Å². The van der Waals surface area contributed by atoms with Gasteiger partial charge in [-0.25, -0.2) is 0 Å². The van der Waals surface area contributed by atoms with Gasteiger partial charge in [-0.1, -0.05) is 29.8 Å². The van der Waals surface area contributed by atoms with Crippen LogP contribution in [0.15, 0.2) is 24.3 Å². The highest BCUT2D eigenvalue weighted by Crippen LogP contribution is 2.25. The Kier molecular flexibility index (Phi) is 4.39. The van der Waals surface area contributed by atoms with E-state index in [1.54, 1.807) is 0 Å². The molecule has 14 heavy (non-hydrogen) atoms. The van der Waals surface area contributed by atoms with Gasteiger partial charge in [-0.15, -0.1) is 0 Å². The van der Waals surface area contributed by atoms with Gasteiger partial charge in [0.15, 0.2) is 0 Å². The minimum atomic E-state index is 0.327. The summed E-state index contributed by atoms with van der Waals surface area (Å²) < 4.78 is 0. The van der Waals surface area contributed by atoms with E-state index in [1.807, 2.05) is 25.2 Å². The quantitative estimate of drug-likeness (QED) is 0.823. The summed E-state index contributed by atoms with van der Waals surface area (Å²) in [4.78, 5) is 2.16. The van der Waals surface area contributed by atoms with Crippen molar-refractivity contribution in [2.45, 2.75) is 6.04 Å². The summed E-state index contributed by atoms with van der Waals surface area (Å²) in [6.45, 7) is 0.900. The molecule has 1 atom stereocenters. The molecule has 0 aliphatic rings. The van der Waals surface area contributed by atoms with Gasteiger partial charge in [-0.2, -0.15) is 0 Å². The highest BCUT2D eigenvalue weighted by Gasteiger charge is 2.15. The van der Waals surface area contributed by atoms with Crippen LogP contribution in [0, 0.1) is 0 Å². The Morgan fingerprint density at radius 1 is 1.36 bits per heavy atom. The zero-order valence-electron chi connectivity index (χ0n) is 8.92. The predicted molar refractivity (Wildman–Crippen MR) is 61.8 cm³/mol. The second kappa shape index (κ2) is 5.35. The van der Waals surface area contributed by atoms with Gasteiger partial charge in [-0.3, -0.25) is 0 Å². The SMILES string of the molecule is CNCC(c1ccccc1Cl)N(C)C. The number of rotatable bonds is 4. The first-order valence-corrected chi connectivity index (χ1v) is 5.10. The van der Waals surface area contributed by atoms with Crippen molar-refractivity contribution >= 4 is 11.6 Å². The first kappa shape index (κ1) is 11.5. The zero-order chi connectivity index (χ0) is 10.6. The van der Waals surface area contributed by atoms with E-state index in [4.69, 9.17) is 11.6 Å². The van der Waals surface area contributed by atoms with Gasteiger partial charge >= 0.3 is 0 Å². The fourth-order valence-corrected chi connectivity index (χ4v) is 1.77. The molecule has 0 bridgehead atoms. The molecule has 0 spiro atoms. The summed E-state index contributed by atoms with van der Waals surface area (Å²) in [5.41, 5.74) is 1.17. The first-order chi connectivity index (χ1) is 6.66. The summed E-state index contributed by atoms with van der Waals surface area (Å²) in [6, 6.07) is 8.31. The highest BCUT2D eigenvalue weighted by molar-refractivity contribution is 6.31. The summed E-state index contributed by atoms with van der Waals surface area (Å²) >= 11 is 6.14. The first-order valence-electron chi connectivity index (χ1n) is 4.72. The van der Waals surface area contributed by atoms with Crippen LogP contribution < -0.4 is 5.32 Å². The molecular weight excluding hydrogens is 196 g/mol. The topological polar surface area (TPSA) is 15.3 Å². The van der Waals surface area contributed by atoms with E-state index >= 15 is 0 Å². The number of benzene rings is 1. The third kappa shape index (κ3) is 2.71. The molecule has 1 rings (SSSR count). The minimum absolute atomic E-state index is 0.327. The molecule has 2 nitrogen and oxygen atoms in total. The van der Waals surface area contributed by atoms with Gasteiger partial charge in [0.25, 0.3) is 0 Å². The molecule has 0 saturated heterocycles. The maximum Gasteiger partial charge on any atom is 0.0481 e. The Bertz CT molecular complexity index is 286. The lowest BCUT2D eigenvalue weighted by Gasteiger charge is -2.25. The number of likely N-dealkylation sites (N-methyl/N-ethyl adjacent to an activating group) is 2. The Balaban J connectivity index is 2.93. The Morgan fingerprint density at radius 3 is 2.50 bits per heavy atom. The lowest BCUT2D eigenvalue weighted by atomic mass is 10.1. The van der Waals surface area contributed by atoms with Crippen LogP contribution in [0.25, 0.3) is 0 Å². The molecule has 1 N–H and O–H groups in total. The molecule has 78 valence electrons. The Labute approximate surface area is 90.9 Å². The molecule has 0 aliphatic heterocycles. The van der Waals surface area contributed by atoms with Crippen molar-refractivity contribution in [2.24, 2.45) is 0 Å². The smallest absolute Gasteiger partial charge is 0.0481 e. The number of halogens is 1. The van der Waals surface area contributed by atoms with Crippen molar-refractivity contribution in [2.75, 3.05) is 27.7 Å². The maximum absolute atomic E-state index is 6.14. The number of hydrogen-bond donors (Lipinski definition) is 1. The lowest BCUT2D eigenvalue weighted by molar-refractivity contribution is 0.294. The van der Waals surface area contributed by atoms with E-state index in [-0.39, 0.29) is 0 Å². The molecule has 0 aromatic heterocycles. The van der Waals surface area contributed by atoms with Gasteiger partial charge in [0.2, 0.25) is 0 Å². The van der Waals surface area contributed by atoms with E-state index in [2.05, 4.69) is 30.4 Å². The molecule has 0 amide bonds. The van der Waals surface area contributed by atoms with Crippen molar-refractivity contribution in [3.63, 3.8) is 0 Å². The molecule has 0 fully saturated rings. The molecule has 3 heteroatoms. The average molecular weight is 213 g/mol. The monoisotopic (exact) mass is 212 g/mol. The normalized spacial score (nSPS) is 13.2. The molecule has 0 saturated carbocycles. The second-order valence-corrected chi connectivity index (χ2v) is 3.97. The van der Waals surface area contributed by atoms with Crippen LogP contribution in [0.4, 0.5) is 0 Å². The van der Waals surface area contributed by atoms with E-state index < -0.39 is 0 Å². The van der Waals surface area contributed by atoms with Gasteiger partial charge in [0.1, 0.15) is 0 Å². The van der Waals surface area contributed by atoms with Crippen molar-refractivity contribution < 1.29 is 0 Å². The molecule has 1 aromatic rings. The van der Waals surface area contributed by atoms with Crippen LogP contribution in [0.1, 0.15) is 11.6 Å². The molecular formula is C11H17ClN2. The summed E-state index contributed by atoms with van der Waals surface area (Å²) in [6.07, 6.45) is 0. The fourth-order valence-electron chi connectivity index (χ4n) is 1.51. The molecule has 0 radical (unpaired) electrons. The van der Waals surface area contributed by atoms with Crippen LogP contribution in [-0.4, -0.2) is 32.6 Å². The molecule has 0 heterocycles. The molecule has 1 aromatic carbocycles. The van der Waals surface area contributed by atoms with Crippen molar-refractivity contribution in [3.8, 4) is 0 Å². The highest BCUT2D eigenvalue weighted by atomic mass is 35.5. The number of hydrogen-bond acceptors (Lipinski definition) is 2. The third-order valence-electron chi connectivity index (χ3n) is 2.29. The minimum Gasteiger partial charge on any atom is -0.318 e. The van der Waals surface area contributed by atoms with Crippen LogP contribution >= 0.6 is 11.6 Å². The van der Waals surface area contributed by atoms with Gasteiger partial charge < -0.3 is 10.2 Å². The van der Waals surface area contributed by atoms with Crippen molar-refractivity contribution in [1.82, 2.24) is 10.2 Å². The Hall–Kier alpha value is -0.570. The lowest BCUT2D eigenvalue weighted by Crippen LogP contribution is -2.29. The Morgan fingerprint density at radius 2 is 2.00 bits per heavy atom. The van der Waals surface area contributed by atoms with Crippen LogP contribution in [0.5, 0.6) is 0 Å². The van der Waals surface area contributed by atoms with Crippen molar-refractivity contribution in [1.29, 1.82) is 0 Å². The van der Waals surface area contributed by atoms with Gasteiger partial charge in [0, 0.05) is 17.6 Å². The largest absolute Gasteiger partial charge is 0.318 e. The zero-order valence-corrected chi connectivity index (χ0v) is 9.67. The van der Waals surface area contributed by atoms with Crippen LogP contribution in [0.2, 0.25) is 5.02 Å². The predicted octanol–water partition coefficient (Wildman–Crippen LogP) is 2.16. The van der Waals surface area contributed by atoms with Gasteiger partial charge in [0.05, 0.1) is 0 Å². The van der Waals surface area contributed by atoms with E-state index in [9.17, 15) is 0 Å². The molecule has 1 unspecified atom stereocenters. The van der Waals surface area contributed by atoms with E-state index in [0.29, 0.717) is 6.04 Å². The fraction of sp³-hybridized carbons (Fsp3) is 0.455. The van der Waals surface area contributed by atoms with E-state index in [1.165, 1.54) is 5.56 Å².